The van der Waals surface area contributed by atoms with Crippen LogP contribution in [-0.2, 0) is 47.6 Å². The third-order valence-electron chi connectivity index (χ3n) is 7.67. The number of Topliss-reactive ketones (excluding diaryl/α,β-unsaturated/α-hetero) is 2. The number of rotatable bonds is 34. The molecular formula is C40H73N3O11. The van der Waals surface area contributed by atoms with Crippen molar-refractivity contribution in [1.29, 1.82) is 0 Å². The summed E-state index contributed by atoms with van der Waals surface area (Å²) in [7, 11) is 0. The van der Waals surface area contributed by atoms with Gasteiger partial charge in [0, 0.05) is 51.5 Å². The van der Waals surface area contributed by atoms with Gasteiger partial charge in [-0.15, -0.1) is 0 Å². The van der Waals surface area contributed by atoms with Gasteiger partial charge in [-0.3, -0.25) is 19.2 Å². The number of hydrogen-bond donors (Lipinski definition) is 0. The van der Waals surface area contributed by atoms with Crippen molar-refractivity contribution >= 4 is 23.5 Å². The molecule has 0 aromatic carbocycles. The van der Waals surface area contributed by atoms with E-state index in [2.05, 4.69) is 51.9 Å². The van der Waals surface area contributed by atoms with Gasteiger partial charge in [-0.25, -0.2) is 4.68 Å². The van der Waals surface area contributed by atoms with Gasteiger partial charge in [0.2, 0.25) is 0 Å². The molecule has 314 valence electrons. The lowest BCUT2D eigenvalue weighted by molar-refractivity contribution is -0.146. The van der Waals surface area contributed by atoms with E-state index in [0.717, 1.165) is 38.7 Å². The molecule has 1 heterocycles. The van der Waals surface area contributed by atoms with E-state index in [1.165, 1.54) is 0 Å². The molecule has 0 unspecified atom stereocenters. The zero-order valence-electron chi connectivity index (χ0n) is 34.8. The van der Waals surface area contributed by atoms with Gasteiger partial charge < -0.3 is 33.2 Å². The number of esters is 2. The van der Waals surface area contributed by atoms with E-state index in [9.17, 15) is 19.2 Å². The fourth-order valence-electron chi connectivity index (χ4n) is 4.43. The van der Waals surface area contributed by atoms with Gasteiger partial charge in [-0.2, -0.15) is 0 Å². The topological polar surface area (TPSA) is 164 Å². The highest BCUT2D eigenvalue weighted by atomic mass is 16.6. The Morgan fingerprint density at radius 1 is 0.537 bits per heavy atom. The molecule has 0 fully saturated rings. The summed E-state index contributed by atoms with van der Waals surface area (Å²) >= 11 is 0. The fourth-order valence-corrected chi connectivity index (χ4v) is 4.43. The van der Waals surface area contributed by atoms with Crippen LogP contribution in [0.25, 0.3) is 0 Å². The second kappa shape index (κ2) is 34.5. The summed E-state index contributed by atoms with van der Waals surface area (Å²) in [6, 6.07) is 0.196. The third kappa shape index (κ3) is 34.8. The molecule has 0 atom stereocenters. The van der Waals surface area contributed by atoms with Gasteiger partial charge in [0.1, 0.15) is 26.4 Å². The highest BCUT2D eigenvalue weighted by molar-refractivity contribution is 5.80. The Morgan fingerprint density at radius 2 is 1.00 bits per heavy atom. The highest BCUT2D eigenvalue weighted by Crippen LogP contribution is 2.10. The summed E-state index contributed by atoms with van der Waals surface area (Å²) < 4.78 is 38.7. The van der Waals surface area contributed by atoms with Crippen LogP contribution < -0.4 is 4.74 Å². The van der Waals surface area contributed by atoms with Crippen LogP contribution >= 0.6 is 0 Å². The van der Waals surface area contributed by atoms with Crippen LogP contribution in [-0.4, -0.2) is 111 Å². The van der Waals surface area contributed by atoms with Crippen molar-refractivity contribution in [3.63, 3.8) is 0 Å². The number of hydrogen-bond acceptors (Lipinski definition) is 13. The first-order valence-corrected chi connectivity index (χ1v) is 20.0. The molecule has 54 heavy (non-hydrogen) atoms. The predicted molar refractivity (Wildman–Crippen MR) is 206 cm³/mol. The van der Waals surface area contributed by atoms with E-state index in [1.54, 1.807) is 10.9 Å². The van der Waals surface area contributed by atoms with Crippen molar-refractivity contribution in [3.05, 3.63) is 6.20 Å². The molecule has 0 aliphatic rings. The zero-order chi connectivity index (χ0) is 40.4. The molecule has 0 radical (unpaired) electrons. The number of aromatic nitrogens is 3. The van der Waals surface area contributed by atoms with Crippen LogP contribution in [0.5, 0.6) is 5.88 Å². The fraction of sp³-hybridized carbons (Fsp3) is 0.850. The van der Waals surface area contributed by atoms with Crippen LogP contribution in [0.3, 0.4) is 0 Å². The van der Waals surface area contributed by atoms with Crippen molar-refractivity contribution in [2.75, 3.05) is 72.7 Å². The van der Waals surface area contributed by atoms with Crippen molar-refractivity contribution in [3.8, 4) is 5.88 Å². The first kappa shape index (κ1) is 51.1. The Morgan fingerprint density at radius 3 is 1.48 bits per heavy atom. The van der Waals surface area contributed by atoms with E-state index < -0.39 is 0 Å². The molecule has 0 spiro atoms. The predicted octanol–water partition coefficient (Wildman–Crippen LogP) is 6.77. The average molecular weight is 772 g/mol. The molecule has 0 N–H and O–H groups in total. The minimum atomic E-state index is -0.198. The van der Waals surface area contributed by atoms with Crippen LogP contribution in [0.1, 0.15) is 132 Å². The standard InChI is InChI=1S/C21H40O6.C19H33N3O5/c1-18(2)7-5-9-21(23)27-16-15-26-17-20(22)8-6-11-24-13-14-25-12-10-19(3)4;1-15(2)7-5-9-19(24)26-12-11-25-10-6-8-17(23)14-27-18-13-22(16(3)4)21-20-18/h18-19H,5-17H2,1-4H3;13,15-16H,5-12,14H2,1-4H3. The SMILES string of the molecule is CC(C)CCCC(=O)OCCOCC(=O)CCCOCCOCCC(C)C.CC(C)CCCC(=O)OCCOCCCC(=O)COc1cn(C(C)C)nn1. The molecule has 1 rings (SSSR count). The molecule has 0 saturated carbocycles. The van der Waals surface area contributed by atoms with Gasteiger partial charge >= 0.3 is 11.9 Å². The van der Waals surface area contributed by atoms with Crippen LogP contribution in [0.2, 0.25) is 0 Å². The Bertz CT molecular complexity index is 1090. The normalized spacial score (nSPS) is 11.3. The van der Waals surface area contributed by atoms with Crippen molar-refractivity contribution < 1.29 is 52.3 Å². The highest BCUT2D eigenvalue weighted by Gasteiger charge is 2.09. The Kier molecular flexibility index (Phi) is 32.7. The van der Waals surface area contributed by atoms with Gasteiger partial charge in [-0.05, 0) is 63.7 Å². The van der Waals surface area contributed by atoms with E-state index in [-0.39, 0.29) is 62.6 Å². The lowest BCUT2D eigenvalue weighted by atomic mass is 10.1. The summed E-state index contributed by atoms with van der Waals surface area (Å²) in [6.07, 6.45) is 9.47. The molecule has 0 saturated heterocycles. The van der Waals surface area contributed by atoms with E-state index in [0.29, 0.717) is 95.2 Å². The summed E-state index contributed by atoms with van der Waals surface area (Å²) in [6.45, 7) is 20.8. The summed E-state index contributed by atoms with van der Waals surface area (Å²) in [5, 5.41) is 7.76. The summed E-state index contributed by atoms with van der Waals surface area (Å²) in [5.74, 6) is 1.84. The minimum Gasteiger partial charge on any atom is -0.467 e. The van der Waals surface area contributed by atoms with Crippen molar-refractivity contribution in [2.45, 2.75) is 132 Å². The maximum Gasteiger partial charge on any atom is 0.305 e. The molecule has 1 aromatic heterocycles. The van der Waals surface area contributed by atoms with Gasteiger partial charge in [0.25, 0.3) is 5.88 Å². The minimum absolute atomic E-state index is 0.0192. The molecule has 14 nitrogen and oxygen atoms in total. The first-order chi connectivity index (χ1) is 25.8. The second-order valence-electron chi connectivity index (χ2n) is 14.8. The molecule has 0 aliphatic carbocycles. The summed E-state index contributed by atoms with van der Waals surface area (Å²) in [5.41, 5.74) is 0. The van der Waals surface area contributed by atoms with E-state index in [4.69, 9.17) is 33.2 Å². The number of carbonyl (C=O) groups is 4. The smallest absolute Gasteiger partial charge is 0.305 e. The Balaban J connectivity index is 0.00000104. The van der Waals surface area contributed by atoms with Gasteiger partial charge in [0.15, 0.2) is 11.6 Å². The third-order valence-corrected chi connectivity index (χ3v) is 7.67. The average Bonchev–Trinajstić information content (AvgIpc) is 3.59. The molecule has 14 heteroatoms. The maximum atomic E-state index is 11.8. The van der Waals surface area contributed by atoms with E-state index in [1.807, 2.05) is 13.8 Å². The molecule has 0 amide bonds. The lowest BCUT2D eigenvalue weighted by Gasteiger charge is -2.08. The summed E-state index contributed by atoms with van der Waals surface area (Å²) in [4.78, 5) is 46.4. The molecular weight excluding hydrogens is 698 g/mol. The lowest BCUT2D eigenvalue weighted by Crippen LogP contribution is -2.15. The number of carbonyl (C=O) groups excluding carboxylic acids is 4. The van der Waals surface area contributed by atoms with Crippen molar-refractivity contribution in [2.24, 2.45) is 17.8 Å². The quantitative estimate of drug-likeness (QED) is 0.0533. The first-order valence-electron chi connectivity index (χ1n) is 20.0. The van der Waals surface area contributed by atoms with Crippen molar-refractivity contribution in [1.82, 2.24) is 15.0 Å². The Labute approximate surface area is 325 Å². The second-order valence-corrected chi connectivity index (χ2v) is 14.8. The number of ether oxygens (including phenoxy) is 7. The number of nitrogens with zero attached hydrogens (tertiary/aromatic N) is 3. The molecule has 1 aromatic rings. The zero-order valence-corrected chi connectivity index (χ0v) is 34.8. The number of ketones is 2. The van der Waals surface area contributed by atoms with Gasteiger partial charge in [0.05, 0.1) is 32.6 Å². The van der Waals surface area contributed by atoms with Gasteiger partial charge in [-0.1, -0.05) is 64.7 Å². The maximum absolute atomic E-state index is 11.8. The van der Waals surface area contributed by atoms with Crippen LogP contribution in [0.4, 0.5) is 0 Å². The van der Waals surface area contributed by atoms with Crippen LogP contribution in [0.15, 0.2) is 6.20 Å². The van der Waals surface area contributed by atoms with Crippen LogP contribution in [0, 0.1) is 17.8 Å². The Hall–Kier alpha value is -2.94. The van der Waals surface area contributed by atoms with E-state index >= 15 is 0 Å². The molecule has 0 aliphatic heterocycles. The molecule has 0 bridgehead atoms. The monoisotopic (exact) mass is 772 g/mol. The largest absolute Gasteiger partial charge is 0.467 e.